The minimum absolute atomic E-state index is 0.221. The van der Waals surface area contributed by atoms with E-state index in [0.29, 0.717) is 24.5 Å². The zero-order valence-electron chi connectivity index (χ0n) is 12.9. The number of carbonyl (C=O) groups is 1. The number of carbonyl (C=O) groups excluding carboxylic acids is 1. The summed E-state index contributed by atoms with van der Waals surface area (Å²) in [5, 5.41) is 9.03. The van der Waals surface area contributed by atoms with Crippen molar-refractivity contribution in [1.29, 1.82) is 0 Å². The molecule has 2 rings (SSSR count). The molecular formula is C16H30N2O2. The van der Waals surface area contributed by atoms with Crippen molar-refractivity contribution < 1.29 is 9.90 Å². The standard InChI is InChI=1S/C16H30N2O2/c1-2-14-7-3-4-11-18(14)16(20)13-17(10-6-12-19)15-8-5-9-15/h14-15,19H,2-13H2,1H3. The van der Waals surface area contributed by atoms with Gasteiger partial charge in [-0.15, -0.1) is 0 Å². The summed E-state index contributed by atoms with van der Waals surface area (Å²) in [6, 6.07) is 1.03. The molecule has 1 unspecified atom stereocenters. The number of aliphatic hydroxyl groups is 1. The Kier molecular flexibility index (Phi) is 6.30. The van der Waals surface area contributed by atoms with Crippen LogP contribution in [0.2, 0.25) is 0 Å². The van der Waals surface area contributed by atoms with E-state index in [2.05, 4.69) is 16.7 Å². The SMILES string of the molecule is CCC1CCCCN1C(=O)CN(CCCO)C1CCC1. The van der Waals surface area contributed by atoms with E-state index < -0.39 is 0 Å². The van der Waals surface area contributed by atoms with Gasteiger partial charge in [0, 0.05) is 31.8 Å². The van der Waals surface area contributed by atoms with Crippen molar-refractivity contribution in [2.45, 2.75) is 70.4 Å². The molecule has 0 spiro atoms. The minimum atomic E-state index is 0.221. The second kappa shape index (κ2) is 7.99. The van der Waals surface area contributed by atoms with Crippen LogP contribution >= 0.6 is 0 Å². The Morgan fingerprint density at radius 1 is 1.25 bits per heavy atom. The first-order chi connectivity index (χ1) is 9.76. The van der Waals surface area contributed by atoms with Crippen molar-refractivity contribution in [1.82, 2.24) is 9.80 Å². The van der Waals surface area contributed by atoms with Crippen LogP contribution in [0.3, 0.4) is 0 Å². The predicted octanol–water partition coefficient (Wildman–Crippen LogP) is 2.01. The van der Waals surface area contributed by atoms with E-state index in [4.69, 9.17) is 5.11 Å². The summed E-state index contributed by atoms with van der Waals surface area (Å²) in [6.07, 6.45) is 9.16. The van der Waals surface area contributed by atoms with Gasteiger partial charge in [-0.05, 0) is 44.9 Å². The third kappa shape index (κ3) is 3.95. The lowest BCUT2D eigenvalue weighted by molar-refractivity contribution is -0.137. The third-order valence-electron chi connectivity index (χ3n) is 4.95. The van der Waals surface area contributed by atoms with Gasteiger partial charge >= 0.3 is 0 Å². The lowest BCUT2D eigenvalue weighted by atomic mass is 9.91. The van der Waals surface area contributed by atoms with Crippen LogP contribution in [-0.4, -0.2) is 59.1 Å². The van der Waals surface area contributed by atoms with E-state index in [1.165, 1.54) is 32.1 Å². The van der Waals surface area contributed by atoms with E-state index >= 15 is 0 Å². The fraction of sp³-hybridized carbons (Fsp3) is 0.938. The summed E-state index contributed by atoms with van der Waals surface area (Å²) < 4.78 is 0. The molecule has 4 nitrogen and oxygen atoms in total. The fourth-order valence-corrected chi connectivity index (χ4v) is 3.43. The van der Waals surface area contributed by atoms with E-state index in [1.54, 1.807) is 0 Å². The Bertz CT molecular complexity index is 305. The molecule has 4 heteroatoms. The highest BCUT2D eigenvalue weighted by Gasteiger charge is 2.30. The summed E-state index contributed by atoms with van der Waals surface area (Å²) >= 11 is 0. The van der Waals surface area contributed by atoms with Crippen LogP contribution in [0.25, 0.3) is 0 Å². The molecule has 0 aromatic heterocycles. The number of nitrogens with zero attached hydrogens (tertiary/aromatic N) is 2. The largest absolute Gasteiger partial charge is 0.396 e. The quantitative estimate of drug-likeness (QED) is 0.777. The molecule has 2 fully saturated rings. The zero-order valence-corrected chi connectivity index (χ0v) is 12.9. The van der Waals surface area contributed by atoms with E-state index in [9.17, 15) is 4.79 Å². The summed E-state index contributed by atoms with van der Waals surface area (Å²) in [5.74, 6) is 0.307. The van der Waals surface area contributed by atoms with Gasteiger partial charge in [-0.1, -0.05) is 13.3 Å². The third-order valence-corrected chi connectivity index (χ3v) is 4.95. The van der Waals surface area contributed by atoms with Crippen molar-refractivity contribution in [3.8, 4) is 0 Å². The van der Waals surface area contributed by atoms with Crippen LogP contribution in [0.5, 0.6) is 0 Å². The number of hydrogen-bond donors (Lipinski definition) is 1. The number of likely N-dealkylation sites (tertiary alicyclic amines) is 1. The number of piperidine rings is 1. The maximum absolute atomic E-state index is 12.6. The Morgan fingerprint density at radius 3 is 2.65 bits per heavy atom. The van der Waals surface area contributed by atoms with Gasteiger partial charge in [0.2, 0.25) is 5.91 Å². The maximum atomic E-state index is 12.6. The lowest BCUT2D eigenvalue weighted by Gasteiger charge is -2.40. The molecule has 0 aromatic rings. The lowest BCUT2D eigenvalue weighted by Crippen LogP contribution is -2.51. The molecule has 1 aliphatic heterocycles. The highest BCUT2D eigenvalue weighted by atomic mass is 16.3. The summed E-state index contributed by atoms with van der Waals surface area (Å²) in [6.45, 7) is 4.76. The maximum Gasteiger partial charge on any atom is 0.237 e. The molecule has 0 aromatic carbocycles. The topological polar surface area (TPSA) is 43.8 Å². The molecule has 1 atom stereocenters. The molecule has 1 aliphatic carbocycles. The molecule has 116 valence electrons. The number of aliphatic hydroxyl groups excluding tert-OH is 1. The van der Waals surface area contributed by atoms with Gasteiger partial charge in [-0.25, -0.2) is 0 Å². The van der Waals surface area contributed by atoms with Crippen molar-refractivity contribution in [2.24, 2.45) is 0 Å². The highest BCUT2D eigenvalue weighted by molar-refractivity contribution is 5.78. The number of hydrogen-bond acceptors (Lipinski definition) is 3. The monoisotopic (exact) mass is 282 g/mol. The van der Waals surface area contributed by atoms with Crippen molar-refractivity contribution in [3.05, 3.63) is 0 Å². The van der Waals surface area contributed by atoms with Crippen LogP contribution in [0.15, 0.2) is 0 Å². The van der Waals surface area contributed by atoms with Crippen LogP contribution in [0, 0.1) is 0 Å². The van der Waals surface area contributed by atoms with Gasteiger partial charge in [0.1, 0.15) is 0 Å². The van der Waals surface area contributed by atoms with E-state index in [0.717, 1.165) is 32.4 Å². The van der Waals surface area contributed by atoms with Crippen molar-refractivity contribution >= 4 is 5.91 Å². The average molecular weight is 282 g/mol. The van der Waals surface area contributed by atoms with Crippen LogP contribution < -0.4 is 0 Å². The molecule has 0 bridgehead atoms. The molecule has 1 saturated heterocycles. The first-order valence-corrected chi connectivity index (χ1v) is 8.40. The van der Waals surface area contributed by atoms with E-state index in [-0.39, 0.29) is 6.61 Å². The highest BCUT2D eigenvalue weighted by Crippen LogP contribution is 2.26. The summed E-state index contributed by atoms with van der Waals surface area (Å²) in [7, 11) is 0. The molecular weight excluding hydrogens is 252 g/mol. The molecule has 1 amide bonds. The Labute approximate surface area is 123 Å². The average Bonchev–Trinajstić information content (AvgIpc) is 2.42. The minimum Gasteiger partial charge on any atom is -0.396 e. The van der Waals surface area contributed by atoms with Gasteiger partial charge in [0.15, 0.2) is 0 Å². The second-order valence-corrected chi connectivity index (χ2v) is 6.28. The van der Waals surface area contributed by atoms with Crippen LogP contribution in [0.1, 0.15) is 58.3 Å². The molecule has 1 N–H and O–H groups in total. The van der Waals surface area contributed by atoms with Gasteiger partial charge in [0.05, 0.1) is 6.54 Å². The molecule has 2 aliphatic rings. The summed E-state index contributed by atoms with van der Waals surface area (Å²) in [4.78, 5) is 17.0. The second-order valence-electron chi connectivity index (χ2n) is 6.28. The summed E-state index contributed by atoms with van der Waals surface area (Å²) in [5.41, 5.74) is 0. The smallest absolute Gasteiger partial charge is 0.237 e. The number of amides is 1. The van der Waals surface area contributed by atoms with Gasteiger partial charge < -0.3 is 10.0 Å². The van der Waals surface area contributed by atoms with Crippen LogP contribution in [-0.2, 0) is 4.79 Å². The Morgan fingerprint density at radius 2 is 2.05 bits per heavy atom. The van der Waals surface area contributed by atoms with Gasteiger partial charge in [-0.2, -0.15) is 0 Å². The molecule has 20 heavy (non-hydrogen) atoms. The molecule has 1 heterocycles. The van der Waals surface area contributed by atoms with Crippen molar-refractivity contribution in [3.63, 3.8) is 0 Å². The van der Waals surface area contributed by atoms with E-state index in [1.807, 2.05) is 0 Å². The van der Waals surface area contributed by atoms with Gasteiger partial charge in [-0.3, -0.25) is 9.69 Å². The first-order valence-electron chi connectivity index (χ1n) is 8.40. The first kappa shape index (κ1) is 15.8. The molecule has 1 saturated carbocycles. The fourth-order valence-electron chi connectivity index (χ4n) is 3.43. The Hall–Kier alpha value is -0.610. The van der Waals surface area contributed by atoms with Crippen LogP contribution in [0.4, 0.5) is 0 Å². The normalized spacial score (nSPS) is 23.9. The van der Waals surface area contributed by atoms with Crippen molar-refractivity contribution in [2.75, 3.05) is 26.2 Å². The van der Waals surface area contributed by atoms with Gasteiger partial charge in [0.25, 0.3) is 0 Å². The Balaban J connectivity index is 1.88. The molecule has 0 radical (unpaired) electrons. The zero-order chi connectivity index (χ0) is 14.4. The number of rotatable bonds is 7. The predicted molar refractivity (Wildman–Crippen MR) is 80.6 cm³/mol.